The lowest BCUT2D eigenvalue weighted by Gasteiger charge is -2.38. The Labute approximate surface area is 129 Å². The van der Waals surface area contributed by atoms with Gasteiger partial charge in [-0.1, -0.05) is 60.1 Å². The summed E-state index contributed by atoms with van der Waals surface area (Å²) in [5.41, 5.74) is 0.478. The molecule has 2 bridgehead atoms. The van der Waals surface area contributed by atoms with E-state index in [1.807, 2.05) is 18.2 Å². The lowest BCUT2D eigenvalue weighted by molar-refractivity contribution is -0.160. The van der Waals surface area contributed by atoms with Gasteiger partial charge in [0.2, 0.25) is 0 Å². The Bertz CT molecular complexity index is 539. The minimum Gasteiger partial charge on any atom is -0.458 e. The van der Waals surface area contributed by atoms with Crippen LogP contribution in [-0.2, 0) is 9.53 Å². The molecule has 0 unspecified atom stereocenters. The fourth-order valence-corrected chi connectivity index (χ4v) is 4.70. The molecule has 0 amide bonds. The Hall–Kier alpha value is -0.830. The van der Waals surface area contributed by atoms with Crippen molar-refractivity contribution in [3.8, 4) is 0 Å². The van der Waals surface area contributed by atoms with Crippen LogP contribution in [0.1, 0.15) is 50.4 Å². The van der Waals surface area contributed by atoms with Crippen molar-refractivity contribution in [2.75, 3.05) is 0 Å². The zero-order valence-corrected chi connectivity index (χ0v) is 13.9. The Balaban J connectivity index is 1.90. The van der Waals surface area contributed by atoms with E-state index >= 15 is 0 Å². The van der Waals surface area contributed by atoms with Gasteiger partial charge in [0.1, 0.15) is 5.60 Å². The van der Waals surface area contributed by atoms with E-state index in [0.717, 1.165) is 19.3 Å². The number of hydrogen-bond acceptors (Lipinski definition) is 2. The summed E-state index contributed by atoms with van der Waals surface area (Å²) < 4.78 is 5.89. The summed E-state index contributed by atoms with van der Waals surface area (Å²) in [6, 6.07) is 10.4. The molecule has 0 radical (unpaired) electrons. The number of esters is 1. The van der Waals surface area contributed by atoms with E-state index in [1.54, 1.807) is 0 Å². The van der Waals surface area contributed by atoms with Gasteiger partial charge in [0, 0.05) is 16.7 Å². The third-order valence-corrected chi connectivity index (χ3v) is 6.81. The summed E-state index contributed by atoms with van der Waals surface area (Å²) in [6.45, 7) is 6.45. The summed E-state index contributed by atoms with van der Waals surface area (Å²) in [5.74, 6) is -0.0125. The van der Waals surface area contributed by atoms with E-state index in [0.29, 0.717) is 0 Å². The first kappa shape index (κ1) is 14.1. The summed E-state index contributed by atoms with van der Waals surface area (Å²) >= 11 is 3.79. The molecule has 1 aromatic carbocycles. The number of halogens is 1. The van der Waals surface area contributed by atoms with E-state index < -0.39 is 0 Å². The molecule has 0 N–H and O–H groups in total. The van der Waals surface area contributed by atoms with Gasteiger partial charge < -0.3 is 4.74 Å². The molecule has 3 atom stereocenters. The van der Waals surface area contributed by atoms with E-state index in [1.165, 1.54) is 5.56 Å². The highest BCUT2D eigenvalue weighted by Crippen LogP contribution is 2.67. The van der Waals surface area contributed by atoms with Gasteiger partial charge in [-0.3, -0.25) is 4.79 Å². The lowest BCUT2D eigenvalue weighted by atomic mass is 9.65. The van der Waals surface area contributed by atoms with Crippen LogP contribution in [0.15, 0.2) is 30.3 Å². The fraction of sp³-hybridized carbons (Fsp3) is 0.588. The second kappa shape index (κ2) is 4.33. The number of rotatable bonds is 3. The number of carbonyl (C=O) groups is 1. The summed E-state index contributed by atoms with van der Waals surface area (Å²) in [6.07, 6.45) is 2.75. The molecule has 1 aliphatic heterocycles. The summed E-state index contributed by atoms with van der Waals surface area (Å²) in [7, 11) is 0. The van der Waals surface area contributed by atoms with Crippen LogP contribution in [0, 0.1) is 10.8 Å². The van der Waals surface area contributed by atoms with Crippen LogP contribution < -0.4 is 0 Å². The third-order valence-electron chi connectivity index (χ3n) is 5.96. The van der Waals surface area contributed by atoms with Crippen molar-refractivity contribution in [1.82, 2.24) is 0 Å². The standard InChI is InChI=1S/C17H21BrO2/c1-15(2)16(3)9-10-17(15,20-14(16)19)11-13(18)12-7-5-4-6-8-12/h4-8,13H,9-11H2,1-3H3/t13-,16-,17-/m0/s1. The first-order valence-electron chi connectivity index (χ1n) is 7.25. The normalized spacial score (nSPS) is 35.9. The van der Waals surface area contributed by atoms with E-state index in [4.69, 9.17) is 4.74 Å². The zero-order chi connectivity index (χ0) is 14.6. The van der Waals surface area contributed by atoms with Crippen molar-refractivity contribution in [3.05, 3.63) is 35.9 Å². The van der Waals surface area contributed by atoms with Gasteiger partial charge in [0.25, 0.3) is 0 Å². The lowest BCUT2D eigenvalue weighted by Crippen LogP contribution is -2.41. The number of benzene rings is 1. The van der Waals surface area contributed by atoms with Gasteiger partial charge in [-0.25, -0.2) is 0 Å². The van der Waals surface area contributed by atoms with Crippen molar-refractivity contribution in [1.29, 1.82) is 0 Å². The Morgan fingerprint density at radius 3 is 2.35 bits per heavy atom. The Kier molecular flexibility index (Phi) is 3.06. The molecule has 1 aromatic rings. The molecular formula is C17H21BrO2. The highest BCUT2D eigenvalue weighted by atomic mass is 79.9. The molecule has 1 saturated carbocycles. The van der Waals surface area contributed by atoms with Crippen LogP contribution in [0.3, 0.4) is 0 Å². The second-order valence-electron chi connectivity index (χ2n) is 6.92. The van der Waals surface area contributed by atoms with Crippen LogP contribution in [0.25, 0.3) is 0 Å². The molecule has 3 heteroatoms. The average Bonchev–Trinajstić information content (AvgIpc) is 2.69. The fourth-order valence-electron chi connectivity index (χ4n) is 3.87. The molecule has 1 saturated heterocycles. The zero-order valence-electron chi connectivity index (χ0n) is 12.3. The largest absolute Gasteiger partial charge is 0.458 e. The highest BCUT2D eigenvalue weighted by molar-refractivity contribution is 9.09. The second-order valence-corrected chi connectivity index (χ2v) is 8.03. The predicted molar refractivity (Wildman–Crippen MR) is 82.7 cm³/mol. The van der Waals surface area contributed by atoms with Crippen LogP contribution in [0.5, 0.6) is 0 Å². The quantitative estimate of drug-likeness (QED) is 0.594. The van der Waals surface area contributed by atoms with Crippen LogP contribution in [0.2, 0.25) is 0 Å². The predicted octanol–water partition coefficient (Wildman–Crippen LogP) is 4.63. The van der Waals surface area contributed by atoms with Crippen LogP contribution in [-0.4, -0.2) is 11.6 Å². The maximum atomic E-state index is 12.3. The van der Waals surface area contributed by atoms with Crippen molar-refractivity contribution in [3.63, 3.8) is 0 Å². The maximum absolute atomic E-state index is 12.3. The summed E-state index contributed by atoms with van der Waals surface area (Å²) in [5, 5.41) is 0. The van der Waals surface area contributed by atoms with Gasteiger partial charge in [-0.2, -0.15) is 0 Å². The third kappa shape index (κ3) is 1.65. The molecule has 0 spiro atoms. The molecule has 20 heavy (non-hydrogen) atoms. The van der Waals surface area contributed by atoms with Crippen molar-refractivity contribution in [2.24, 2.45) is 10.8 Å². The molecule has 3 rings (SSSR count). The molecule has 108 valence electrons. The van der Waals surface area contributed by atoms with Crippen molar-refractivity contribution < 1.29 is 9.53 Å². The number of ether oxygens (including phenoxy) is 1. The number of carbonyl (C=O) groups excluding carboxylic acids is 1. The molecule has 0 aromatic heterocycles. The number of alkyl halides is 1. The average molecular weight is 337 g/mol. The van der Waals surface area contributed by atoms with Gasteiger partial charge in [0.05, 0.1) is 5.41 Å². The molecular weight excluding hydrogens is 316 g/mol. The Morgan fingerprint density at radius 1 is 1.20 bits per heavy atom. The molecule has 2 nitrogen and oxygen atoms in total. The molecule has 2 fully saturated rings. The minimum atomic E-state index is -0.331. The topological polar surface area (TPSA) is 26.3 Å². The smallest absolute Gasteiger partial charge is 0.313 e. The number of fused-ring (bicyclic) bond motifs is 2. The molecule has 2 aliphatic rings. The van der Waals surface area contributed by atoms with E-state index in [9.17, 15) is 4.79 Å². The highest BCUT2D eigenvalue weighted by Gasteiger charge is 2.72. The first-order chi connectivity index (χ1) is 9.32. The first-order valence-corrected chi connectivity index (χ1v) is 8.16. The monoisotopic (exact) mass is 336 g/mol. The minimum absolute atomic E-state index is 0.0125. The van der Waals surface area contributed by atoms with Crippen molar-refractivity contribution >= 4 is 21.9 Å². The maximum Gasteiger partial charge on any atom is 0.313 e. The van der Waals surface area contributed by atoms with Gasteiger partial charge >= 0.3 is 5.97 Å². The van der Waals surface area contributed by atoms with Crippen LogP contribution in [0.4, 0.5) is 0 Å². The number of hydrogen-bond donors (Lipinski definition) is 0. The van der Waals surface area contributed by atoms with E-state index in [2.05, 4.69) is 48.8 Å². The van der Waals surface area contributed by atoms with Gasteiger partial charge in [0.15, 0.2) is 0 Å². The molecule has 1 heterocycles. The van der Waals surface area contributed by atoms with E-state index in [-0.39, 0.29) is 27.2 Å². The van der Waals surface area contributed by atoms with Gasteiger partial charge in [-0.15, -0.1) is 0 Å². The summed E-state index contributed by atoms with van der Waals surface area (Å²) in [4.78, 5) is 12.5. The van der Waals surface area contributed by atoms with Crippen LogP contribution >= 0.6 is 15.9 Å². The Morgan fingerprint density at radius 2 is 1.85 bits per heavy atom. The molecule has 1 aliphatic carbocycles. The van der Waals surface area contributed by atoms with Gasteiger partial charge in [-0.05, 0) is 25.3 Å². The van der Waals surface area contributed by atoms with Crippen molar-refractivity contribution in [2.45, 2.75) is 50.5 Å². The SMILES string of the molecule is CC1(C)[C@@]2(C[C@H](Br)c3ccccc3)CC[C@@]1(C)C(=O)O2.